The Morgan fingerprint density at radius 1 is 1.00 bits per heavy atom. The molecule has 0 saturated carbocycles. The number of Topliss-reactive ketones (excluding diaryl/α,β-unsaturated/α-hetero) is 1. The van der Waals surface area contributed by atoms with Crippen molar-refractivity contribution in [3.05, 3.63) is 95.1 Å². The fraction of sp³-hybridized carbons (Fsp3) is 0.0417. The van der Waals surface area contributed by atoms with E-state index >= 15 is 0 Å². The van der Waals surface area contributed by atoms with Crippen LogP contribution in [0.4, 0.5) is 15.2 Å². The summed E-state index contributed by atoms with van der Waals surface area (Å²) >= 11 is 0.980. The van der Waals surface area contributed by atoms with E-state index in [1.807, 2.05) is 18.2 Å². The van der Waals surface area contributed by atoms with Gasteiger partial charge in [0.25, 0.3) is 10.0 Å². The highest BCUT2D eigenvalue weighted by Crippen LogP contribution is 2.33. The van der Waals surface area contributed by atoms with Crippen LogP contribution in [-0.2, 0) is 10.0 Å². The largest absolute Gasteiger partial charge is 0.858 e. The smallest absolute Gasteiger partial charge is 0.261 e. The Kier molecular flexibility index (Phi) is 6.53. The van der Waals surface area contributed by atoms with Crippen LogP contribution in [0.2, 0.25) is 0 Å². The van der Waals surface area contributed by atoms with Crippen LogP contribution in [0.25, 0.3) is 11.3 Å². The van der Waals surface area contributed by atoms with Gasteiger partial charge in [0, 0.05) is 18.1 Å². The number of aliphatic imine (C=N–C) groups is 1. The second-order valence-electron chi connectivity index (χ2n) is 7.12. The lowest BCUT2D eigenvalue weighted by Crippen LogP contribution is -2.22. The highest BCUT2D eigenvalue weighted by atomic mass is 32.2. The van der Waals surface area contributed by atoms with E-state index in [1.54, 1.807) is 24.3 Å². The summed E-state index contributed by atoms with van der Waals surface area (Å²) in [6.45, 7) is 1.41. The maximum Gasteiger partial charge on any atom is 0.261 e. The molecule has 34 heavy (non-hydrogen) atoms. The summed E-state index contributed by atoms with van der Waals surface area (Å²) in [5, 5.41) is 13.0. The van der Waals surface area contributed by atoms with Crippen molar-refractivity contribution in [3.63, 3.8) is 0 Å². The second-order valence-corrected chi connectivity index (χ2v) is 9.78. The zero-order valence-corrected chi connectivity index (χ0v) is 19.4. The molecule has 0 aliphatic carbocycles. The van der Waals surface area contributed by atoms with E-state index in [1.165, 1.54) is 19.1 Å². The van der Waals surface area contributed by atoms with E-state index in [2.05, 4.69) is 14.7 Å². The number of carbonyl (C=O) groups is 1. The average Bonchev–Trinajstić information content (AvgIpc) is 3.24. The third kappa shape index (κ3) is 5.03. The Morgan fingerprint density at radius 2 is 1.65 bits per heavy atom. The molecule has 10 heteroatoms. The van der Waals surface area contributed by atoms with Crippen LogP contribution in [0.5, 0.6) is 0 Å². The van der Waals surface area contributed by atoms with Crippen molar-refractivity contribution >= 4 is 43.9 Å². The monoisotopic (exact) mass is 494 g/mol. The SMILES string of the molecule is CC(=O)c1sc(N=C([O-])c2ccccc2NS(=O)(=O)c2ccc(F)cc2)nc1-c1ccccc1. The molecule has 7 nitrogen and oxygen atoms in total. The van der Waals surface area contributed by atoms with Gasteiger partial charge in [-0.1, -0.05) is 59.9 Å². The van der Waals surface area contributed by atoms with Crippen LogP contribution in [0, 0.1) is 5.82 Å². The number of carbonyl (C=O) groups excluding carboxylic acids is 1. The van der Waals surface area contributed by atoms with E-state index < -0.39 is 21.7 Å². The molecule has 0 saturated heterocycles. The van der Waals surface area contributed by atoms with Crippen LogP contribution in [-0.4, -0.2) is 25.1 Å². The molecule has 4 aromatic rings. The summed E-state index contributed by atoms with van der Waals surface area (Å²) in [6.07, 6.45) is 0. The van der Waals surface area contributed by atoms with Crippen molar-refractivity contribution in [1.82, 2.24) is 4.98 Å². The molecule has 0 radical (unpaired) electrons. The van der Waals surface area contributed by atoms with Crippen LogP contribution in [0.15, 0.2) is 88.8 Å². The van der Waals surface area contributed by atoms with Crippen molar-refractivity contribution in [3.8, 4) is 11.3 Å². The van der Waals surface area contributed by atoms with Gasteiger partial charge >= 0.3 is 0 Å². The summed E-state index contributed by atoms with van der Waals surface area (Å²) in [5.41, 5.74) is 1.14. The van der Waals surface area contributed by atoms with Gasteiger partial charge in [-0.3, -0.25) is 9.52 Å². The number of hydrogen-bond acceptors (Lipinski definition) is 7. The molecule has 0 atom stereocenters. The average molecular weight is 495 g/mol. The minimum absolute atomic E-state index is 0.00553. The summed E-state index contributed by atoms with van der Waals surface area (Å²) < 4.78 is 40.9. The van der Waals surface area contributed by atoms with Gasteiger partial charge in [-0.05, 0) is 36.2 Å². The fourth-order valence-corrected chi connectivity index (χ4v) is 5.04. The molecule has 0 aliphatic rings. The molecule has 0 fully saturated rings. The van der Waals surface area contributed by atoms with Crippen molar-refractivity contribution in [2.24, 2.45) is 4.99 Å². The maximum absolute atomic E-state index is 13.2. The number of aromatic nitrogens is 1. The molecule has 1 heterocycles. The predicted octanol–water partition coefficient (Wildman–Crippen LogP) is 4.39. The Labute approximate surface area is 199 Å². The van der Waals surface area contributed by atoms with Crippen LogP contribution >= 0.6 is 11.3 Å². The normalized spacial score (nSPS) is 11.9. The van der Waals surface area contributed by atoms with Gasteiger partial charge in [0.1, 0.15) is 5.82 Å². The molecule has 0 amide bonds. The van der Waals surface area contributed by atoms with Gasteiger partial charge in [0.15, 0.2) is 5.78 Å². The quantitative estimate of drug-likeness (QED) is 0.233. The Hall–Kier alpha value is -3.89. The molecular formula is C24H17FN3O4S2-. The van der Waals surface area contributed by atoms with Crippen molar-refractivity contribution in [2.75, 3.05) is 4.72 Å². The van der Waals surface area contributed by atoms with E-state index in [9.17, 15) is 22.7 Å². The van der Waals surface area contributed by atoms with E-state index in [4.69, 9.17) is 0 Å². The number of nitrogens with one attached hydrogen (secondary N) is 1. The molecule has 4 rings (SSSR count). The number of thiazole rings is 1. The highest BCUT2D eigenvalue weighted by Gasteiger charge is 2.18. The van der Waals surface area contributed by atoms with Gasteiger partial charge < -0.3 is 5.11 Å². The first kappa shape index (κ1) is 23.3. The van der Waals surface area contributed by atoms with E-state index in [-0.39, 0.29) is 27.1 Å². The van der Waals surface area contributed by atoms with Gasteiger partial charge in [-0.2, -0.15) is 0 Å². The molecule has 3 aromatic carbocycles. The number of para-hydroxylation sites is 1. The maximum atomic E-state index is 13.2. The molecule has 0 bridgehead atoms. The van der Waals surface area contributed by atoms with Crippen LogP contribution in [0.3, 0.4) is 0 Å². The van der Waals surface area contributed by atoms with E-state index in [0.717, 1.165) is 35.6 Å². The lowest BCUT2D eigenvalue weighted by Gasteiger charge is -2.16. The number of nitrogens with zero attached hydrogens (tertiary/aromatic N) is 2. The Bertz CT molecular complexity index is 1480. The summed E-state index contributed by atoms with van der Waals surface area (Å²) in [6, 6.07) is 19.3. The highest BCUT2D eigenvalue weighted by molar-refractivity contribution is 7.92. The van der Waals surface area contributed by atoms with Crippen molar-refractivity contribution in [1.29, 1.82) is 0 Å². The minimum Gasteiger partial charge on any atom is -0.858 e. The standard InChI is InChI=1S/C24H18FN3O4S2/c1-15(29)22-21(16-7-3-2-4-8-16)26-24(33-22)27-23(30)19-9-5-6-10-20(19)28-34(31,32)18-13-11-17(25)12-14-18/h2-14,28H,1H3,(H,26,27,30)/p-1. The molecule has 0 spiro atoms. The molecule has 172 valence electrons. The van der Waals surface area contributed by atoms with Gasteiger partial charge in [0.05, 0.1) is 21.2 Å². The minimum atomic E-state index is -4.08. The number of hydrogen-bond donors (Lipinski definition) is 1. The number of anilines is 1. The zero-order valence-electron chi connectivity index (χ0n) is 17.7. The topological polar surface area (TPSA) is 112 Å². The number of halogens is 1. The summed E-state index contributed by atoms with van der Waals surface area (Å²) in [5.74, 6) is -1.52. The molecular weight excluding hydrogens is 477 g/mol. The number of benzene rings is 3. The number of sulfonamides is 1. The molecule has 0 aliphatic heterocycles. The van der Waals surface area contributed by atoms with Crippen molar-refractivity contribution < 1.29 is 22.7 Å². The van der Waals surface area contributed by atoms with Gasteiger partial charge in [-0.25, -0.2) is 22.8 Å². The lowest BCUT2D eigenvalue weighted by molar-refractivity contribution is -0.212. The summed E-state index contributed by atoms with van der Waals surface area (Å²) in [7, 11) is -4.08. The Balaban J connectivity index is 1.70. The predicted molar refractivity (Wildman–Crippen MR) is 127 cm³/mol. The lowest BCUT2D eigenvalue weighted by atomic mass is 10.1. The van der Waals surface area contributed by atoms with E-state index in [0.29, 0.717) is 16.1 Å². The molecule has 1 N–H and O–H groups in total. The third-order valence-corrected chi connectivity index (χ3v) is 7.14. The first-order valence-corrected chi connectivity index (χ1v) is 12.3. The number of ketones is 1. The molecule has 0 unspecified atom stereocenters. The van der Waals surface area contributed by atoms with Crippen LogP contribution < -0.4 is 9.83 Å². The van der Waals surface area contributed by atoms with Crippen molar-refractivity contribution in [2.45, 2.75) is 11.8 Å². The van der Waals surface area contributed by atoms with Gasteiger partial charge in [0.2, 0.25) is 5.13 Å². The Morgan fingerprint density at radius 3 is 2.32 bits per heavy atom. The number of rotatable bonds is 7. The zero-order chi connectivity index (χ0) is 24.3. The fourth-order valence-electron chi connectivity index (χ4n) is 3.11. The molecule has 1 aromatic heterocycles. The van der Waals surface area contributed by atoms with Crippen LogP contribution in [0.1, 0.15) is 22.2 Å². The first-order chi connectivity index (χ1) is 16.2. The first-order valence-electron chi connectivity index (χ1n) is 9.95. The second kappa shape index (κ2) is 9.54. The third-order valence-electron chi connectivity index (χ3n) is 4.71. The summed E-state index contributed by atoms with van der Waals surface area (Å²) in [4.78, 5) is 20.7. The van der Waals surface area contributed by atoms with Gasteiger partial charge in [-0.15, -0.1) is 0 Å².